The van der Waals surface area contributed by atoms with Crippen LogP contribution in [0.25, 0.3) is 0 Å². The molecule has 20 heavy (non-hydrogen) atoms. The summed E-state index contributed by atoms with van der Waals surface area (Å²) in [6.07, 6.45) is -4.58. The van der Waals surface area contributed by atoms with E-state index in [0.29, 0.717) is 13.2 Å². The Balaban J connectivity index is 3.19. The summed E-state index contributed by atoms with van der Waals surface area (Å²) in [6, 6.07) is 1.48. The first-order chi connectivity index (χ1) is 9.29. The lowest BCUT2D eigenvalue weighted by atomic mass is 10.3. The Morgan fingerprint density at radius 1 is 1.35 bits per heavy atom. The summed E-state index contributed by atoms with van der Waals surface area (Å²) in [7, 11) is 3.06. The van der Waals surface area contributed by atoms with E-state index < -0.39 is 12.0 Å². The van der Waals surface area contributed by atoms with Gasteiger partial charge in [-0.2, -0.15) is 13.2 Å². The van der Waals surface area contributed by atoms with Gasteiger partial charge < -0.3 is 15.0 Å². The first-order valence-electron chi connectivity index (χ1n) is 6.19. The molecule has 0 amide bonds. The predicted molar refractivity (Wildman–Crippen MR) is 70.9 cm³/mol. The van der Waals surface area contributed by atoms with Gasteiger partial charge in [-0.25, -0.2) is 9.97 Å². The molecule has 1 N–H and O–H groups in total. The number of rotatable bonds is 6. The molecule has 0 unspecified atom stereocenters. The number of ether oxygens (including phenoxy) is 1. The number of nitrogens with one attached hydrogen (secondary N) is 1. The van der Waals surface area contributed by atoms with E-state index in [0.717, 1.165) is 0 Å². The van der Waals surface area contributed by atoms with Crippen LogP contribution in [-0.2, 0) is 10.9 Å². The van der Waals surface area contributed by atoms with Crippen LogP contribution in [0.4, 0.5) is 24.8 Å². The lowest BCUT2D eigenvalue weighted by Crippen LogP contribution is -2.35. The third kappa shape index (κ3) is 4.22. The van der Waals surface area contributed by atoms with E-state index in [2.05, 4.69) is 15.3 Å². The van der Waals surface area contributed by atoms with Crippen molar-refractivity contribution in [3.8, 4) is 0 Å². The van der Waals surface area contributed by atoms with Crippen molar-refractivity contribution in [3.05, 3.63) is 11.9 Å². The van der Waals surface area contributed by atoms with Crippen LogP contribution in [0.1, 0.15) is 19.7 Å². The third-order valence-electron chi connectivity index (χ3n) is 2.68. The standard InChI is InChI=1S/C12H19F3N4O/c1-8(2)19(5-6-20-4)10-7-9(16-3)17-11(18-10)12(13,14)15/h7-8H,5-6H2,1-4H3,(H,16,17,18). The zero-order valence-electron chi connectivity index (χ0n) is 12.0. The van der Waals surface area contributed by atoms with Crippen LogP contribution < -0.4 is 10.2 Å². The van der Waals surface area contributed by atoms with Crippen LogP contribution in [-0.4, -0.2) is 43.3 Å². The van der Waals surface area contributed by atoms with Crippen molar-refractivity contribution >= 4 is 11.6 Å². The lowest BCUT2D eigenvalue weighted by Gasteiger charge is -2.28. The monoisotopic (exact) mass is 292 g/mol. The normalized spacial score (nSPS) is 11.8. The van der Waals surface area contributed by atoms with Crippen LogP contribution in [0.3, 0.4) is 0 Å². The molecule has 1 aromatic rings. The van der Waals surface area contributed by atoms with Gasteiger partial charge in [0.05, 0.1) is 6.61 Å². The predicted octanol–water partition coefficient (Wildman–Crippen LogP) is 2.40. The molecule has 0 radical (unpaired) electrons. The Morgan fingerprint density at radius 3 is 2.45 bits per heavy atom. The minimum absolute atomic E-state index is 0.00848. The highest BCUT2D eigenvalue weighted by atomic mass is 19.4. The second kappa shape index (κ2) is 6.74. The number of alkyl halides is 3. The Kier molecular flexibility index (Phi) is 5.55. The smallest absolute Gasteiger partial charge is 0.383 e. The molecular weight excluding hydrogens is 273 g/mol. The SMILES string of the molecule is CNc1cc(N(CCOC)C(C)C)nc(C(F)(F)F)n1. The van der Waals surface area contributed by atoms with Crippen LogP contribution in [0.15, 0.2) is 6.07 Å². The van der Waals surface area contributed by atoms with Crippen LogP contribution in [0.2, 0.25) is 0 Å². The molecule has 1 heterocycles. The fourth-order valence-corrected chi connectivity index (χ4v) is 1.66. The lowest BCUT2D eigenvalue weighted by molar-refractivity contribution is -0.144. The Bertz CT molecular complexity index is 437. The highest BCUT2D eigenvalue weighted by Gasteiger charge is 2.36. The maximum absolute atomic E-state index is 12.8. The molecule has 0 aliphatic carbocycles. The van der Waals surface area contributed by atoms with Crippen molar-refractivity contribution in [2.45, 2.75) is 26.1 Å². The quantitative estimate of drug-likeness (QED) is 0.872. The maximum atomic E-state index is 12.8. The molecule has 8 heteroatoms. The Hall–Kier alpha value is -1.57. The molecule has 5 nitrogen and oxygen atoms in total. The molecule has 0 saturated carbocycles. The minimum atomic E-state index is -4.58. The molecule has 1 rings (SSSR count). The summed E-state index contributed by atoms with van der Waals surface area (Å²) in [5, 5.41) is 2.62. The van der Waals surface area contributed by atoms with Gasteiger partial charge in [-0.15, -0.1) is 0 Å². The fourth-order valence-electron chi connectivity index (χ4n) is 1.66. The molecule has 0 aromatic carbocycles. The van der Waals surface area contributed by atoms with E-state index in [-0.39, 0.29) is 17.7 Å². The van der Waals surface area contributed by atoms with E-state index in [4.69, 9.17) is 4.74 Å². The van der Waals surface area contributed by atoms with Gasteiger partial charge in [0.2, 0.25) is 5.82 Å². The van der Waals surface area contributed by atoms with Crippen LogP contribution in [0, 0.1) is 0 Å². The van der Waals surface area contributed by atoms with Crippen molar-refractivity contribution in [2.24, 2.45) is 0 Å². The minimum Gasteiger partial charge on any atom is -0.383 e. The van der Waals surface area contributed by atoms with Crippen molar-refractivity contribution < 1.29 is 17.9 Å². The number of hydrogen-bond acceptors (Lipinski definition) is 5. The van der Waals surface area contributed by atoms with Crippen molar-refractivity contribution in [2.75, 3.05) is 37.5 Å². The van der Waals surface area contributed by atoms with Crippen LogP contribution in [0.5, 0.6) is 0 Å². The van der Waals surface area contributed by atoms with E-state index in [9.17, 15) is 13.2 Å². The Labute approximate surface area is 116 Å². The molecule has 0 bridgehead atoms. The molecular formula is C12H19F3N4O. The molecule has 0 spiro atoms. The van der Waals surface area contributed by atoms with Gasteiger partial charge >= 0.3 is 6.18 Å². The van der Waals surface area contributed by atoms with Gasteiger partial charge in [-0.3, -0.25) is 0 Å². The van der Waals surface area contributed by atoms with Gasteiger partial charge in [-0.1, -0.05) is 0 Å². The summed E-state index contributed by atoms with van der Waals surface area (Å²) in [5.41, 5.74) is 0. The topological polar surface area (TPSA) is 50.3 Å². The average Bonchev–Trinajstić information content (AvgIpc) is 2.37. The summed E-state index contributed by atoms with van der Waals surface area (Å²) in [4.78, 5) is 8.80. The molecule has 0 saturated heterocycles. The highest BCUT2D eigenvalue weighted by molar-refractivity contribution is 5.50. The zero-order valence-corrected chi connectivity index (χ0v) is 12.0. The summed E-state index contributed by atoms with van der Waals surface area (Å²) < 4.78 is 43.4. The fraction of sp³-hybridized carbons (Fsp3) is 0.667. The average molecular weight is 292 g/mol. The number of aromatic nitrogens is 2. The first kappa shape index (κ1) is 16.5. The zero-order chi connectivity index (χ0) is 15.3. The first-order valence-corrected chi connectivity index (χ1v) is 6.19. The molecule has 0 fully saturated rings. The van der Waals surface area contributed by atoms with Crippen molar-refractivity contribution in [1.82, 2.24) is 9.97 Å². The number of methoxy groups -OCH3 is 1. The second-order valence-corrected chi connectivity index (χ2v) is 4.46. The van der Waals surface area contributed by atoms with Crippen LogP contribution >= 0.6 is 0 Å². The molecule has 1 aromatic heterocycles. The van der Waals surface area contributed by atoms with E-state index in [1.165, 1.54) is 13.1 Å². The summed E-state index contributed by atoms with van der Waals surface area (Å²) >= 11 is 0. The summed E-state index contributed by atoms with van der Waals surface area (Å²) in [6.45, 7) is 4.61. The molecule has 0 aliphatic heterocycles. The largest absolute Gasteiger partial charge is 0.451 e. The number of hydrogen-bond donors (Lipinski definition) is 1. The molecule has 0 atom stereocenters. The van der Waals surface area contributed by atoms with E-state index in [1.54, 1.807) is 12.0 Å². The number of halogens is 3. The van der Waals surface area contributed by atoms with Gasteiger partial charge in [0, 0.05) is 32.8 Å². The third-order valence-corrected chi connectivity index (χ3v) is 2.68. The number of anilines is 2. The maximum Gasteiger partial charge on any atom is 0.451 e. The second-order valence-electron chi connectivity index (χ2n) is 4.46. The highest BCUT2D eigenvalue weighted by Crippen LogP contribution is 2.29. The van der Waals surface area contributed by atoms with Gasteiger partial charge in [0.1, 0.15) is 11.6 Å². The van der Waals surface area contributed by atoms with Crippen molar-refractivity contribution in [3.63, 3.8) is 0 Å². The molecule has 114 valence electrons. The molecule has 0 aliphatic rings. The van der Waals surface area contributed by atoms with Crippen molar-refractivity contribution in [1.29, 1.82) is 0 Å². The van der Waals surface area contributed by atoms with E-state index >= 15 is 0 Å². The summed E-state index contributed by atoms with van der Waals surface area (Å²) in [5.74, 6) is -0.795. The Morgan fingerprint density at radius 2 is 2.00 bits per heavy atom. The van der Waals surface area contributed by atoms with Gasteiger partial charge in [0.15, 0.2) is 0 Å². The van der Waals surface area contributed by atoms with Gasteiger partial charge in [0.25, 0.3) is 0 Å². The van der Waals surface area contributed by atoms with E-state index in [1.807, 2.05) is 13.8 Å². The number of nitrogens with zero attached hydrogens (tertiary/aromatic N) is 3. The van der Waals surface area contributed by atoms with Gasteiger partial charge in [-0.05, 0) is 13.8 Å².